The number of hydrogen-bond acceptors (Lipinski definition) is 4. The van der Waals surface area contributed by atoms with E-state index in [2.05, 4.69) is 97.7 Å². The number of likely N-dealkylation sites (tertiary alicyclic amines) is 2. The van der Waals surface area contributed by atoms with Crippen molar-refractivity contribution in [1.82, 2.24) is 29.7 Å². The molecule has 0 bridgehead atoms. The van der Waals surface area contributed by atoms with Crippen LogP contribution < -0.4 is 0 Å². The van der Waals surface area contributed by atoms with Crippen molar-refractivity contribution in [3.05, 3.63) is 94.1 Å². The minimum Gasteiger partial charge on any atom is -0.341 e. The number of H-pyrrole nitrogens is 2. The van der Waals surface area contributed by atoms with Gasteiger partial charge in [-0.05, 0) is 139 Å². The molecule has 1 aromatic carbocycles. The van der Waals surface area contributed by atoms with Crippen molar-refractivity contribution < 1.29 is 9.59 Å². The number of carbonyl (C=O) groups is 2. The summed E-state index contributed by atoms with van der Waals surface area (Å²) in [5.41, 5.74) is 14.3. The van der Waals surface area contributed by atoms with Gasteiger partial charge in [-0.15, -0.1) is 0 Å². The third-order valence-electron chi connectivity index (χ3n) is 15.6. The molecule has 59 heavy (non-hydrogen) atoms. The third kappa shape index (κ3) is 7.52. The van der Waals surface area contributed by atoms with E-state index in [1.165, 1.54) is 71.9 Å². The Hall–Kier alpha value is -4.46. The number of carbonyl (C=O) groups excluding carboxylic acids is 2. The predicted octanol–water partition coefficient (Wildman–Crippen LogP) is 11.2. The summed E-state index contributed by atoms with van der Waals surface area (Å²) in [7, 11) is 0. The smallest absolute Gasteiger partial charge is 0.226 e. The van der Waals surface area contributed by atoms with Crippen LogP contribution in [0.4, 0.5) is 0 Å². The van der Waals surface area contributed by atoms with Gasteiger partial charge in [-0.25, -0.2) is 9.97 Å². The molecule has 2 aromatic heterocycles. The molecule has 8 nitrogen and oxygen atoms in total. The second kappa shape index (κ2) is 16.2. The van der Waals surface area contributed by atoms with Crippen LogP contribution in [0.1, 0.15) is 176 Å². The average Bonchev–Trinajstić information content (AvgIpc) is 4.10. The lowest BCUT2D eigenvalue weighted by molar-refractivity contribution is -0.138. The molecule has 1 saturated carbocycles. The van der Waals surface area contributed by atoms with E-state index < -0.39 is 0 Å². The number of fused-ring (bicyclic) bond motifs is 1. The molecule has 312 valence electrons. The van der Waals surface area contributed by atoms with E-state index in [0.717, 1.165) is 87.5 Å². The summed E-state index contributed by atoms with van der Waals surface area (Å²) in [5, 5.41) is 0. The van der Waals surface area contributed by atoms with Crippen molar-refractivity contribution in [3.63, 3.8) is 0 Å². The molecule has 2 saturated heterocycles. The summed E-state index contributed by atoms with van der Waals surface area (Å²) < 4.78 is 0. The summed E-state index contributed by atoms with van der Waals surface area (Å²) in [6.07, 6.45) is 29.2. The zero-order valence-corrected chi connectivity index (χ0v) is 36.5. The summed E-state index contributed by atoms with van der Waals surface area (Å²) in [4.78, 5) is 47.8. The van der Waals surface area contributed by atoms with Crippen LogP contribution in [0.5, 0.6) is 0 Å². The van der Waals surface area contributed by atoms with Gasteiger partial charge in [0.05, 0.1) is 35.9 Å². The van der Waals surface area contributed by atoms with E-state index in [4.69, 9.17) is 9.97 Å². The maximum atomic E-state index is 13.3. The van der Waals surface area contributed by atoms with Gasteiger partial charge < -0.3 is 19.8 Å². The summed E-state index contributed by atoms with van der Waals surface area (Å²) in [6.45, 7) is 14.3. The Labute approximate surface area is 352 Å². The molecular weight excluding hydrogens is 729 g/mol. The molecule has 8 heteroatoms. The maximum absolute atomic E-state index is 13.3. The fourth-order valence-electron chi connectivity index (χ4n) is 11.2. The van der Waals surface area contributed by atoms with Crippen molar-refractivity contribution >= 4 is 34.1 Å². The molecule has 2 amide bonds. The third-order valence-corrected chi connectivity index (χ3v) is 15.6. The van der Waals surface area contributed by atoms with Gasteiger partial charge in [0.2, 0.25) is 11.8 Å². The highest BCUT2D eigenvalue weighted by atomic mass is 16.2. The van der Waals surface area contributed by atoms with Gasteiger partial charge in [-0.2, -0.15) is 0 Å². The lowest BCUT2D eigenvalue weighted by atomic mass is 9.82. The molecule has 4 atom stereocenters. The summed E-state index contributed by atoms with van der Waals surface area (Å²) in [6, 6.07) is 4.98. The Kier molecular flexibility index (Phi) is 11.0. The fraction of sp³-hybridized carbons (Fsp3) is 0.569. The van der Waals surface area contributed by atoms with E-state index in [1.54, 1.807) is 11.1 Å². The molecule has 3 aromatic rings. The van der Waals surface area contributed by atoms with Crippen LogP contribution in [0.2, 0.25) is 0 Å². The number of nitrogens with one attached hydrogen (secondary N) is 2. The number of hydrogen-bond donors (Lipinski definition) is 2. The molecule has 2 N–H and O–H groups in total. The lowest BCUT2D eigenvalue weighted by Gasteiger charge is -2.28. The largest absolute Gasteiger partial charge is 0.341 e. The van der Waals surface area contributed by atoms with Gasteiger partial charge in [0, 0.05) is 24.9 Å². The monoisotopic (exact) mass is 795 g/mol. The van der Waals surface area contributed by atoms with Gasteiger partial charge in [-0.1, -0.05) is 90.8 Å². The van der Waals surface area contributed by atoms with Crippen LogP contribution in [-0.2, 0) is 22.4 Å². The minimum absolute atomic E-state index is 0.0199. The quantitative estimate of drug-likeness (QED) is 0.214. The van der Waals surface area contributed by atoms with E-state index in [1.807, 2.05) is 12.4 Å². The van der Waals surface area contributed by atoms with E-state index in [-0.39, 0.29) is 35.7 Å². The molecule has 2 aliphatic heterocycles. The van der Waals surface area contributed by atoms with Crippen LogP contribution >= 0.6 is 0 Å². The molecule has 6 aliphatic rings. The fourth-order valence-corrected chi connectivity index (χ4v) is 11.2. The molecular formula is C51H66N6O2. The Morgan fingerprint density at radius 3 is 1.41 bits per heavy atom. The Balaban J connectivity index is 0.941. The zero-order valence-electron chi connectivity index (χ0n) is 36.5. The SMILES string of the molecule is CC(C)C(C)C(=O)N1CCCC1c1ncc(C2=CC=C(c3ccc(C4=CC=C(c5cnc(C6CCCN6C(=O)C(C)C(C)C)[nH]5)CC4)c4c3CC3(CCCC3)C4)CC2)[nH]1. The molecule has 9 rings (SSSR count). The van der Waals surface area contributed by atoms with E-state index in [9.17, 15) is 9.59 Å². The highest BCUT2D eigenvalue weighted by Gasteiger charge is 2.42. The second-order valence-corrected chi connectivity index (χ2v) is 19.8. The Bertz CT molecular complexity index is 2070. The average molecular weight is 795 g/mol. The van der Waals surface area contributed by atoms with Gasteiger partial charge >= 0.3 is 0 Å². The number of nitrogens with zero attached hydrogens (tertiary/aromatic N) is 4. The van der Waals surface area contributed by atoms with Gasteiger partial charge in [0.1, 0.15) is 11.6 Å². The normalized spacial score (nSPS) is 23.8. The first-order chi connectivity index (χ1) is 28.5. The first-order valence-electron chi connectivity index (χ1n) is 23.2. The summed E-state index contributed by atoms with van der Waals surface area (Å²) in [5.74, 6) is 3.07. The number of aromatic amines is 2. The standard InChI is InChI=1S/C51H66N6O2/c1-31(2)33(5)49(58)56-25-9-11-45(56)47-52-29-43(54-47)37-17-13-35(14-18-37)39-21-22-40(42-28-51(27-41(39)42)23-7-8-24-51)36-15-19-38(20-16-36)44-30-53-48(55-44)46-12-10-26-57(46)50(59)34(6)32(3)4/h13,15,17,19,21-22,29-34,45-46H,7-12,14,16,18,20,23-28H2,1-6H3,(H,52,54)(H,53,55). The van der Waals surface area contributed by atoms with Crippen molar-refractivity contribution in [2.24, 2.45) is 29.1 Å². The van der Waals surface area contributed by atoms with Crippen molar-refractivity contribution in [1.29, 1.82) is 0 Å². The van der Waals surface area contributed by atoms with Gasteiger partial charge in [0.15, 0.2) is 0 Å². The molecule has 4 unspecified atom stereocenters. The van der Waals surface area contributed by atoms with Crippen molar-refractivity contribution in [2.45, 2.75) is 144 Å². The van der Waals surface area contributed by atoms with Gasteiger partial charge in [-0.3, -0.25) is 9.59 Å². The second-order valence-electron chi connectivity index (χ2n) is 19.8. The summed E-state index contributed by atoms with van der Waals surface area (Å²) >= 11 is 0. The maximum Gasteiger partial charge on any atom is 0.226 e. The molecule has 3 fully saturated rings. The van der Waals surface area contributed by atoms with Crippen LogP contribution in [0.15, 0.2) is 48.8 Å². The Morgan fingerprint density at radius 2 is 1.02 bits per heavy atom. The predicted molar refractivity (Wildman–Crippen MR) is 238 cm³/mol. The molecule has 0 radical (unpaired) electrons. The number of aromatic nitrogens is 4. The first kappa shape index (κ1) is 40.0. The van der Waals surface area contributed by atoms with Crippen molar-refractivity contribution in [2.75, 3.05) is 13.1 Å². The molecule has 1 spiro atoms. The first-order valence-corrected chi connectivity index (χ1v) is 23.2. The van der Waals surface area contributed by atoms with Crippen LogP contribution in [0.25, 0.3) is 22.3 Å². The number of rotatable bonds is 10. The number of imidazole rings is 2. The zero-order chi connectivity index (χ0) is 41.0. The van der Waals surface area contributed by atoms with Crippen LogP contribution in [0, 0.1) is 29.1 Å². The highest BCUT2D eigenvalue weighted by molar-refractivity contribution is 5.84. The molecule has 4 heterocycles. The Morgan fingerprint density at radius 1 is 0.610 bits per heavy atom. The lowest BCUT2D eigenvalue weighted by Crippen LogP contribution is -2.36. The van der Waals surface area contributed by atoms with E-state index in [0.29, 0.717) is 17.3 Å². The van der Waals surface area contributed by atoms with Crippen LogP contribution in [-0.4, -0.2) is 54.6 Å². The number of allylic oxidation sites excluding steroid dienone is 8. The van der Waals surface area contributed by atoms with E-state index >= 15 is 0 Å². The molecule has 4 aliphatic carbocycles. The van der Waals surface area contributed by atoms with Crippen LogP contribution in [0.3, 0.4) is 0 Å². The minimum atomic E-state index is 0.0199. The number of benzene rings is 1. The number of amides is 2. The van der Waals surface area contributed by atoms with Crippen molar-refractivity contribution in [3.8, 4) is 0 Å². The van der Waals surface area contributed by atoms with Gasteiger partial charge in [0.25, 0.3) is 0 Å². The topological polar surface area (TPSA) is 98.0 Å². The highest BCUT2D eigenvalue weighted by Crippen LogP contribution is 2.53.